The van der Waals surface area contributed by atoms with Gasteiger partial charge in [0.05, 0.1) is 6.26 Å². The Hall–Kier alpha value is -1.77. The molecule has 6 nitrogen and oxygen atoms in total. The molecular formula is C24H35N3O3S. The van der Waals surface area contributed by atoms with Crippen LogP contribution in [0.2, 0.25) is 0 Å². The lowest BCUT2D eigenvalue weighted by Crippen LogP contribution is -2.61. The van der Waals surface area contributed by atoms with Gasteiger partial charge in [-0.15, -0.1) is 0 Å². The number of nitrogens with one attached hydrogen (secondary N) is 2. The Kier molecular flexibility index (Phi) is 8.24. The number of benzene rings is 2. The third-order valence-corrected chi connectivity index (χ3v) is 6.71. The van der Waals surface area contributed by atoms with E-state index in [1.807, 2.05) is 11.8 Å². The molecule has 1 fully saturated rings. The molecule has 0 radical (unpaired) electrons. The highest BCUT2D eigenvalue weighted by Crippen LogP contribution is 2.24. The third kappa shape index (κ3) is 6.85. The second-order valence-electron chi connectivity index (χ2n) is 8.50. The number of piperidine rings is 1. The number of rotatable bonds is 9. The number of nitrogens with zero attached hydrogens (tertiary/aromatic N) is 1. The summed E-state index contributed by atoms with van der Waals surface area (Å²) in [6.45, 7) is 5.44. The molecule has 0 aliphatic carbocycles. The highest BCUT2D eigenvalue weighted by Gasteiger charge is 2.36. The molecule has 0 amide bonds. The fraction of sp³-hybridized carbons (Fsp3) is 0.500. The molecule has 0 aromatic heterocycles. The Labute approximate surface area is 186 Å². The predicted molar refractivity (Wildman–Crippen MR) is 125 cm³/mol. The molecule has 1 saturated heterocycles. The summed E-state index contributed by atoms with van der Waals surface area (Å²) in [4.78, 5) is 1.99. The van der Waals surface area contributed by atoms with Gasteiger partial charge in [-0.1, -0.05) is 55.5 Å². The van der Waals surface area contributed by atoms with Crippen molar-refractivity contribution in [2.75, 3.05) is 19.3 Å². The van der Waals surface area contributed by atoms with Crippen LogP contribution >= 0.6 is 0 Å². The van der Waals surface area contributed by atoms with Crippen LogP contribution in [-0.4, -0.2) is 56.2 Å². The highest BCUT2D eigenvalue weighted by atomic mass is 32.2. The van der Waals surface area contributed by atoms with Crippen molar-refractivity contribution in [2.24, 2.45) is 0 Å². The molecular weight excluding hydrogens is 410 g/mol. The molecule has 3 unspecified atom stereocenters. The maximum atomic E-state index is 12.0. The Bertz CT molecular complexity index is 964. The Morgan fingerprint density at radius 1 is 1.16 bits per heavy atom. The summed E-state index contributed by atoms with van der Waals surface area (Å²) in [7, 11) is -3.34. The van der Waals surface area contributed by atoms with E-state index >= 15 is 0 Å². The summed E-state index contributed by atoms with van der Waals surface area (Å²) >= 11 is 0. The van der Waals surface area contributed by atoms with Crippen LogP contribution in [0.5, 0.6) is 0 Å². The lowest BCUT2D eigenvalue weighted by molar-refractivity contribution is -0.0672. The molecule has 2 aromatic carbocycles. The van der Waals surface area contributed by atoms with Crippen LogP contribution in [0.4, 0.5) is 0 Å². The number of aliphatic hydroxyl groups excluding tert-OH is 1. The highest BCUT2D eigenvalue weighted by molar-refractivity contribution is 7.88. The van der Waals surface area contributed by atoms with Crippen LogP contribution < -0.4 is 10.0 Å². The molecule has 2 aromatic rings. The smallest absolute Gasteiger partial charge is 0.209 e. The SMILES string of the molecule is CCNC(O)N1CCCC(NS(C)(=O)=O)C1Cc1cccc(Cc2ccccc2C)c1. The van der Waals surface area contributed by atoms with Crippen molar-refractivity contribution in [2.45, 2.75) is 58.0 Å². The largest absolute Gasteiger partial charge is 0.365 e. The van der Waals surface area contributed by atoms with Gasteiger partial charge in [-0.05, 0) is 61.4 Å². The van der Waals surface area contributed by atoms with Gasteiger partial charge in [-0.3, -0.25) is 10.2 Å². The first-order valence-electron chi connectivity index (χ1n) is 11.0. The van der Waals surface area contributed by atoms with E-state index in [2.05, 4.69) is 65.5 Å². The molecule has 1 aliphatic heterocycles. The van der Waals surface area contributed by atoms with Crippen molar-refractivity contribution < 1.29 is 13.5 Å². The van der Waals surface area contributed by atoms with E-state index in [0.29, 0.717) is 13.0 Å². The molecule has 31 heavy (non-hydrogen) atoms. The van der Waals surface area contributed by atoms with E-state index in [4.69, 9.17) is 0 Å². The van der Waals surface area contributed by atoms with Gasteiger partial charge in [0.25, 0.3) is 0 Å². The van der Waals surface area contributed by atoms with Crippen LogP contribution in [0, 0.1) is 6.92 Å². The zero-order valence-corrected chi connectivity index (χ0v) is 19.5. The van der Waals surface area contributed by atoms with Gasteiger partial charge in [-0.25, -0.2) is 13.1 Å². The van der Waals surface area contributed by atoms with Gasteiger partial charge in [0.15, 0.2) is 6.35 Å². The topological polar surface area (TPSA) is 81.7 Å². The molecule has 3 atom stereocenters. The minimum Gasteiger partial charge on any atom is -0.365 e. The van der Waals surface area contributed by atoms with E-state index in [1.165, 1.54) is 22.9 Å². The van der Waals surface area contributed by atoms with Crippen molar-refractivity contribution in [3.8, 4) is 0 Å². The number of aliphatic hydroxyl groups is 1. The van der Waals surface area contributed by atoms with E-state index in [1.54, 1.807) is 0 Å². The summed E-state index contributed by atoms with van der Waals surface area (Å²) in [5.74, 6) is 0. The average Bonchev–Trinajstić information content (AvgIpc) is 2.70. The molecule has 1 aliphatic rings. The van der Waals surface area contributed by atoms with Gasteiger partial charge < -0.3 is 5.11 Å². The number of hydrogen-bond donors (Lipinski definition) is 3. The van der Waals surface area contributed by atoms with Gasteiger partial charge in [0.2, 0.25) is 10.0 Å². The molecule has 0 saturated carbocycles. The minimum absolute atomic E-state index is 0.133. The van der Waals surface area contributed by atoms with E-state index in [9.17, 15) is 13.5 Å². The number of aryl methyl sites for hydroxylation is 1. The lowest BCUT2D eigenvalue weighted by Gasteiger charge is -2.43. The lowest BCUT2D eigenvalue weighted by atomic mass is 9.90. The van der Waals surface area contributed by atoms with Gasteiger partial charge in [-0.2, -0.15) is 0 Å². The zero-order chi connectivity index (χ0) is 22.4. The van der Waals surface area contributed by atoms with Crippen molar-refractivity contribution >= 4 is 10.0 Å². The number of sulfonamides is 1. The monoisotopic (exact) mass is 445 g/mol. The Morgan fingerprint density at radius 2 is 1.90 bits per heavy atom. The maximum absolute atomic E-state index is 12.0. The second-order valence-corrected chi connectivity index (χ2v) is 10.3. The Morgan fingerprint density at radius 3 is 2.61 bits per heavy atom. The molecule has 7 heteroatoms. The fourth-order valence-electron chi connectivity index (χ4n) is 4.49. The van der Waals surface area contributed by atoms with Crippen LogP contribution in [0.3, 0.4) is 0 Å². The van der Waals surface area contributed by atoms with Crippen molar-refractivity contribution in [3.05, 3.63) is 70.8 Å². The summed E-state index contributed by atoms with van der Waals surface area (Å²) in [5.41, 5.74) is 4.96. The summed E-state index contributed by atoms with van der Waals surface area (Å²) < 4.78 is 26.8. The number of likely N-dealkylation sites (tertiary alicyclic amines) is 1. The summed E-state index contributed by atoms with van der Waals surface area (Å²) in [6, 6.07) is 16.5. The van der Waals surface area contributed by atoms with Crippen LogP contribution in [0.1, 0.15) is 42.0 Å². The second kappa shape index (κ2) is 10.7. The van der Waals surface area contributed by atoms with Gasteiger partial charge in [0, 0.05) is 18.6 Å². The van der Waals surface area contributed by atoms with Crippen LogP contribution in [0.25, 0.3) is 0 Å². The Balaban J connectivity index is 1.83. The average molecular weight is 446 g/mol. The molecule has 0 spiro atoms. The van der Waals surface area contributed by atoms with E-state index in [-0.39, 0.29) is 12.1 Å². The zero-order valence-electron chi connectivity index (χ0n) is 18.7. The molecule has 0 bridgehead atoms. The van der Waals surface area contributed by atoms with Crippen molar-refractivity contribution in [3.63, 3.8) is 0 Å². The number of hydrogen-bond acceptors (Lipinski definition) is 5. The molecule has 3 N–H and O–H groups in total. The first kappa shape index (κ1) is 23.9. The maximum Gasteiger partial charge on any atom is 0.209 e. The van der Waals surface area contributed by atoms with Crippen molar-refractivity contribution in [1.82, 2.24) is 14.9 Å². The predicted octanol–water partition coefficient (Wildman–Crippen LogP) is 2.40. The first-order valence-corrected chi connectivity index (χ1v) is 12.9. The molecule has 3 rings (SSSR count). The summed E-state index contributed by atoms with van der Waals surface area (Å²) in [6.07, 6.45) is 3.52. The standard InChI is InChI=1S/C24H35N3O3S/c1-4-25-24(28)27-14-8-13-22(26-31(3,29)30)23(27)17-20-11-7-10-19(15-20)16-21-12-6-5-9-18(21)2/h5-7,9-12,15,22-26,28H,4,8,13-14,16-17H2,1-3H3. The summed E-state index contributed by atoms with van der Waals surface area (Å²) in [5, 5.41) is 13.7. The molecule has 1 heterocycles. The molecule has 170 valence electrons. The van der Waals surface area contributed by atoms with Crippen molar-refractivity contribution in [1.29, 1.82) is 0 Å². The fourth-order valence-corrected chi connectivity index (χ4v) is 5.32. The normalized spacial score (nSPS) is 21.2. The third-order valence-electron chi connectivity index (χ3n) is 5.98. The quantitative estimate of drug-likeness (QED) is 0.517. The van der Waals surface area contributed by atoms with Gasteiger partial charge >= 0.3 is 0 Å². The minimum atomic E-state index is -3.34. The van der Waals surface area contributed by atoms with Crippen LogP contribution in [0.15, 0.2) is 48.5 Å². The van der Waals surface area contributed by atoms with Gasteiger partial charge in [0.1, 0.15) is 0 Å². The van der Waals surface area contributed by atoms with E-state index in [0.717, 1.165) is 31.4 Å². The van der Waals surface area contributed by atoms with E-state index < -0.39 is 16.4 Å². The first-order chi connectivity index (χ1) is 14.8. The van der Waals surface area contributed by atoms with Crippen LogP contribution in [-0.2, 0) is 22.9 Å².